The summed E-state index contributed by atoms with van der Waals surface area (Å²) in [5.74, 6) is 1.78. The van der Waals surface area contributed by atoms with Crippen LogP contribution in [0.2, 0.25) is 0 Å². The van der Waals surface area contributed by atoms with E-state index in [2.05, 4.69) is 73.3 Å². The van der Waals surface area contributed by atoms with Crippen molar-refractivity contribution in [2.24, 2.45) is 0 Å². The maximum absolute atomic E-state index is 8.49. The molecule has 0 unspecified atom stereocenters. The van der Waals surface area contributed by atoms with Crippen molar-refractivity contribution in [1.82, 2.24) is 0 Å². The first-order valence-corrected chi connectivity index (χ1v) is 10.3. The topological polar surface area (TPSA) is 104 Å². The number of fused-ring (bicyclic) bond motifs is 1. The lowest BCUT2D eigenvalue weighted by Gasteiger charge is -2.22. The molecule has 1 aliphatic carbocycles. The predicted molar refractivity (Wildman–Crippen MR) is 104 cm³/mol. The molecule has 0 saturated heterocycles. The molecule has 2 aromatic carbocycles. The monoisotopic (exact) mass is 425 g/mol. The third-order valence-electron chi connectivity index (χ3n) is 4.43. The van der Waals surface area contributed by atoms with Crippen molar-refractivity contribution in [1.29, 1.82) is 0 Å². The summed E-state index contributed by atoms with van der Waals surface area (Å²) >= 11 is 0. The third kappa shape index (κ3) is 5.76. The van der Waals surface area contributed by atoms with E-state index < -0.39 is 10.2 Å². The largest absolute Gasteiger partial charge is 0.456 e. The van der Waals surface area contributed by atoms with Gasteiger partial charge in [-0.25, -0.2) is 23.2 Å². The van der Waals surface area contributed by atoms with Crippen molar-refractivity contribution in [3.8, 4) is 5.75 Å². The molecule has 2 aromatic rings. The van der Waals surface area contributed by atoms with E-state index in [1.54, 1.807) is 0 Å². The Morgan fingerprint density at radius 1 is 0.767 bits per heavy atom. The van der Waals surface area contributed by atoms with Crippen LogP contribution in [-0.2, 0) is 0 Å². The van der Waals surface area contributed by atoms with Crippen LogP contribution in [0.3, 0.4) is 0 Å². The van der Waals surface area contributed by atoms with Gasteiger partial charge < -0.3 is 4.74 Å². The molecule has 0 fully saturated rings. The van der Waals surface area contributed by atoms with Crippen molar-refractivity contribution >= 4 is 17.0 Å². The average Bonchev–Trinajstić information content (AvgIpc) is 2.72. The number of hydrogen-bond donors (Lipinski definition) is 0. The second-order valence-electron chi connectivity index (χ2n) is 6.71. The summed E-state index contributed by atoms with van der Waals surface area (Å²) in [5, 5.41) is 0. The van der Waals surface area contributed by atoms with Gasteiger partial charge in [-0.2, -0.15) is 0 Å². The van der Waals surface area contributed by atoms with Crippen LogP contribution < -0.4 is 23.4 Å². The minimum absolute atomic E-state index is 0.881. The zero-order chi connectivity index (χ0) is 21.7. The summed E-state index contributed by atoms with van der Waals surface area (Å²) in [6.07, 6.45) is 10.8. The van der Waals surface area contributed by atoms with Crippen molar-refractivity contribution < 1.29 is 38.2 Å². The van der Waals surface area contributed by atoms with Crippen LogP contribution in [0.1, 0.15) is 11.1 Å². The Hall–Kier alpha value is -3.00. The molecular weight excluding hydrogens is 406 g/mol. The standard InChI is InChI=1S/C23H20NO.ClHO4/c1-24(2)19-14-12-17(13-15-19)21-16-23(18-8-4-3-5-9-18)25-22-11-7-6-10-20(21)22;2-1(3,4)5/h3-16H,1-2H3;(H,2,3,4,5)/q+1;/p-1. The number of para-hydroxylation sites is 1. The Kier molecular flexibility index (Phi) is 6.66. The number of nitrogens with zero attached hydrogens (tertiary/aromatic N) is 1. The molecule has 0 N–H and O–H groups in total. The van der Waals surface area contributed by atoms with E-state index in [-0.39, 0.29) is 0 Å². The highest BCUT2D eigenvalue weighted by Crippen LogP contribution is 2.39. The van der Waals surface area contributed by atoms with E-state index in [0.29, 0.717) is 0 Å². The maximum Gasteiger partial charge on any atom is 0.199 e. The Labute approximate surface area is 177 Å². The average molecular weight is 426 g/mol. The zero-order valence-corrected chi connectivity index (χ0v) is 17.2. The van der Waals surface area contributed by atoms with Gasteiger partial charge in [0.25, 0.3) is 0 Å². The Morgan fingerprint density at radius 2 is 1.33 bits per heavy atom. The summed E-state index contributed by atoms with van der Waals surface area (Å²) in [4.78, 5) is 0. The van der Waals surface area contributed by atoms with Crippen LogP contribution in [0.25, 0.3) is 11.3 Å². The zero-order valence-electron chi connectivity index (χ0n) is 16.4. The summed E-state index contributed by atoms with van der Waals surface area (Å²) < 4.78 is 42.2. The summed E-state index contributed by atoms with van der Waals surface area (Å²) in [6, 6.07) is 18.4. The van der Waals surface area contributed by atoms with Crippen LogP contribution in [0.5, 0.6) is 5.75 Å². The van der Waals surface area contributed by atoms with Crippen LogP contribution in [0.15, 0.2) is 90.6 Å². The first-order chi connectivity index (χ1) is 14.2. The van der Waals surface area contributed by atoms with Crippen molar-refractivity contribution in [2.75, 3.05) is 14.1 Å². The van der Waals surface area contributed by atoms with E-state index in [0.717, 1.165) is 22.6 Å². The van der Waals surface area contributed by atoms with Gasteiger partial charge in [-0.15, -0.1) is 10.2 Å². The fraction of sp³-hybridized carbons (Fsp3) is 0.0870. The van der Waals surface area contributed by atoms with Gasteiger partial charge in [0.15, 0.2) is 5.71 Å². The fourth-order valence-electron chi connectivity index (χ4n) is 3.06. The molecule has 0 amide bonds. The molecule has 0 saturated carbocycles. The lowest BCUT2D eigenvalue weighted by molar-refractivity contribution is -2.00. The number of allylic oxidation sites excluding steroid dienone is 7. The van der Waals surface area contributed by atoms with E-state index in [1.807, 2.05) is 30.3 Å². The molecular formula is C23H20ClNO5. The lowest BCUT2D eigenvalue weighted by Crippen LogP contribution is -2.68. The highest BCUT2D eigenvalue weighted by atomic mass is 35.7. The van der Waals surface area contributed by atoms with Crippen LogP contribution in [0.4, 0.5) is 0 Å². The van der Waals surface area contributed by atoms with Gasteiger partial charge in [-0.05, 0) is 35.4 Å². The van der Waals surface area contributed by atoms with Crippen molar-refractivity contribution in [3.63, 3.8) is 0 Å². The minimum atomic E-state index is -4.94. The molecule has 1 aliphatic heterocycles. The fourth-order valence-corrected chi connectivity index (χ4v) is 3.06. The number of halogens is 1. The predicted octanol–water partition coefficient (Wildman–Crippen LogP) is -0.0432. The van der Waals surface area contributed by atoms with Gasteiger partial charge >= 0.3 is 0 Å². The molecule has 1 heterocycles. The molecule has 4 rings (SSSR count). The number of benzene rings is 2. The summed E-state index contributed by atoms with van der Waals surface area (Å²) in [6.45, 7) is 0. The Bertz CT molecular complexity index is 1050. The lowest BCUT2D eigenvalue weighted by atomic mass is 9.93. The Morgan fingerprint density at radius 3 is 1.93 bits per heavy atom. The Balaban J connectivity index is 0.000000461. The third-order valence-corrected chi connectivity index (χ3v) is 4.43. The maximum atomic E-state index is 8.49. The van der Waals surface area contributed by atoms with Gasteiger partial charge in [0.2, 0.25) is 0 Å². The summed E-state index contributed by atoms with van der Waals surface area (Å²) in [7, 11) is -0.835. The van der Waals surface area contributed by atoms with Gasteiger partial charge in [-0.3, -0.25) is 0 Å². The van der Waals surface area contributed by atoms with Crippen LogP contribution in [-0.4, -0.2) is 24.4 Å². The van der Waals surface area contributed by atoms with Gasteiger partial charge in [-0.1, -0.05) is 48.5 Å². The highest BCUT2D eigenvalue weighted by molar-refractivity contribution is 6.04. The van der Waals surface area contributed by atoms with Gasteiger partial charge in [0.1, 0.15) is 25.6 Å². The molecule has 30 heavy (non-hydrogen) atoms. The van der Waals surface area contributed by atoms with E-state index in [4.69, 9.17) is 23.4 Å². The number of ether oxygens (including phenoxy) is 1. The van der Waals surface area contributed by atoms with Crippen LogP contribution >= 0.6 is 0 Å². The molecule has 6 nitrogen and oxygen atoms in total. The minimum Gasteiger partial charge on any atom is -0.456 e. The van der Waals surface area contributed by atoms with Crippen molar-refractivity contribution in [2.45, 2.75) is 0 Å². The molecule has 0 bridgehead atoms. The number of rotatable bonds is 1. The SMILES string of the molecule is C[N+](C)=C1C=CC(=C2C=C(c3ccccc3)Oc3ccccc32)C=C1.[O-][Cl+3]([O-])([O-])[O-]. The smallest absolute Gasteiger partial charge is 0.199 e. The molecule has 154 valence electrons. The first-order valence-electron chi connectivity index (χ1n) is 9.03. The van der Waals surface area contributed by atoms with E-state index in [1.165, 1.54) is 16.9 Å². The van der Waals surface area contributed by atoms with E-state index in [9.17, 15) is 0 Å². The molecule has 0 aromatic heterocycles. The van der Waals surface area contributed by atoms with Crippen LogP contribution in [0, 0.1) is 10.2 Å². The quantitative estimate of drug-likeness (QED) is 0.596. The normalized spacial score (nSPS) is 15.0. The second kappa shape index (κ2) is 9.21. The molecule has 2 aliphatic rings. The highest BCUT2D eigenvalue weighted by Gasteiger charge is 2.20. The molecule has 7 heteroatoms. The van der Waals surface area contributed by atoms with E-state index >= 15 is 0 Å². The van der Waals surface area contributed by atoms with Gasteiger partial charge in [0.05, 0.1) is 0 Å². The second-order valence-corrected chi connectivity index (χ2v) is 7.46. The molecule has 0 spiro atoms. The number of hydrogen-bond acceptors (Lipinski definition) is 5. The molecule has 0 atom stereocenters. The van der Waals surface area contributed by atoms with Crippen molar-refractivity contribution in [3.05, 3.63) is 102 Å². The summed E-state index contributed by atoms with van der Waals surface area (Å²) in [5.41, 5.74) is 5.77. The van der Waals surface area contributed by atoms with Gasteiger partial charge in [0, 0.05) is 23.3 Å². The molecule has 0 radical (unpaired) electrons. The first kappa shape index (κ1) is 21.7.